The van der Waals surface area contributed by atoms with Gasteiger partial charge in [-0.05, 0) is 66.8 Å². The molecule has 0 aliphatic heterocycles. The van der Waals surface area contributed by atoms with Gasteiger partial charge in [0.15, 0.2) is 0 Å². The molecule has 8 aromatic rings. The second kappa shape index (κ2) is 10.4. The SMILES string of the molecule is Cc1c2c(=O)oc3ccc(Cc4ccc5oc(=O)c6c(C)n(Cc7ccccc7)nc6c5c4)cc3c2nn1Cc1ccccc1. The molecule has 0 amide bonds. The van der Waals surface area contributed by atoms with Crippen LogP contribution in [0.4, 0.5) is 0 Å². The number of aryl methyl sites for hydroxylation is 2. The average molecular weight is 593 g/mol. The van der Waals surface area contributed by atoms with Crippen molar-refractivity contribution in [1.82, 2.24) is 19.6 Å². The molecule has 8 rings (SSSR count). The Bertz CT molecular complexity index is 2350. The molecule has 0 saturated heterocycles. The van der Waals surface area contributed by atoms with Crippen molar-refractivity contribution in [3.05, 3.63) is 152 Å². The maximum absolute atomic E-state index is 13.0. The van der Waals surface area contributed by atoms with Gasteiger partial charge in [0.05, 0.1) is 24.5 Å². The van der Waals surface area contributed by atoms with Crippen molar-refractivity contribution in [3.8, 4) is 0 Å². The molecule has 8 nitrogen and oxygen atoms in total. The molecule has 0 N–H and O–H groups in total. The van der Waals surface area contributed by atoms with Gasteiger partial charge in [-0.25, -0.2) is 9.59 Å². The van der Waals surface area contributed by atoms with Gasteiger partial charge in [-0.1, -0.05) is 72.8 Å². The topological polar surface area (TPSA) is 96.1 Å². The molecule has 4 heterocycles. The Morgan fingerprint density at radius 2 is 0.978 bits per heavy atom. The molecule has 0 saturated carbocycles. The van der Waals surface area contributed by atoms with Gasteiger partial charge >= 0.3 is 11.3 Å². The van der Waals surface area contributed by atoms with Gasteiger partial charge in [-0.3, -0.25) is 9.36 Å². The predicted octanol–water partition coefficient (Wildman–Crippen LogP) is 6.90. The van der Waals surface area contributed by atoms with E-state index in [0.29, 0.717) is 52.5 Å². The molecule has 8 heteroatoms. The van der Waals surface area contributed by atoms with Gasteiger partial charge in [0.2, 0.25) is 0 Å². The van der Waals surface area contributed by atoms with Crippen LogP contribution in [0.5, 0.6) is 0 Å². The molecule has 0 spiro atoms. The Hall–Kier alpha value is -5.76. The maximum Gasteiger partial charge on any atom is 0.347 e. The van der Waals surface area contributed by atoms with Crippen molar-refractivity contribution in [3.63, 3.8) is 0 Å². The fraction of sp³-hybridized carbons (Fsp3) is 0.135. The molecule has 220 valence electrons. The van der Waals surface area contributed by atoms with Gasteiger partial charge in [-0.15, -0.1) is 0 Å². The number of fused-ring (bicyclic) bond motifs is 6. The van der Waals surface area contributed by atoms with Crippen molar-refractivity contribution in [2.24, 2.45) is 0 Å². The van der Waals surface area contributed by atoms with Crippen molar-refractivity contribution < 1.29 is 8.83 Å². The number of aromatic nitrogens is 4. The van der Waals surface area contributed by atoms with Crippen molar-refractivity contribution in [2.75, 3.05) is 0 Å². The zero-order valence-electron chi connectivity index (χ0n) is 24.8. The molecular weight excluding hydrogens is 564 g/mol. The third-order valence-electron chi connectivity index (χ3n) is 8.58. The van der Waals surface area contributed by atoms with Crippen LogP contribution in [0.1, 0.15) is 33.6 Å². The normalized spacial score (nSPS) is 11.8. The molecule has 0 aliphatic rings. The van der Waals surface area contributed by atoms with Crippen molar-refractivity contribution in [2.45, 2.75) is 33.4 Å². The number of hydrogen-bond acceptors (Lipinski definition) is 6. The second-order valence-electron chi connectivity index (χ2n) is 11.5. The Labute approximate surface area is 256 Å². The Balaban J connectivity index is 1.19. The lowest BCUT2D eigenvalue weighted by Crippen LogP contribution is -2.04. The molecule has 0 unspecified atom stereocenters. The lowest BCUT2D eigenvalue weighted by molar-refractivity contribution is 0.569. The molecule has 0 atom stereocenters. The largest absolute Gasteiger partial charge is 0.422 e. The first-order chi connectivity index (χ1) is 21.9. The van der Waals surface area contributed by atoms with Gasteiger partial charge in [0, 0.05) is 10.8 Å². The maximum atomic E-state index is 13.0. The van der Waals surface area contributed by atoms with Crippen LogP contribution in [0.15, 0.2) is 115 Å². The summed E-state index contributed by atoms with van der Waals surface area (Å²) in [5, 5.41) is 12.3. The first-order valence-electron chi connectivity index (χ1n) is 14.9. The summed E-state index contributed by atoms with van der Waals surface area (Å²) in [6, 6.07) is 31.8. The molecule has 0 aliphatic carbocycles. The number of nitrogens with zero attached hydrogens (tertiary/aromatic N) is 4. The molecule has 45 heavy (non-hydrogen) atoms. The van der Waals surface area contributed by atoms with Crippen LogP contribution in [-0.4, -0.2) is 19.6 Å². The number of rotatable bonds is 6. The van der Waals surface area contributed by atoms with E-state index in [1.807, 2.05) is 120 Å². The Morgan fingerprint density at radius 3 is 1.40 bits per heavy atom. The van der Waals surface area contributed by atoms with Crippen LogP contribution in [0.3, 0.4) is 0 Å². The highest BCUT2D eigenvalue weighted by Gasteiger charge is 2.19. The van der Waals surface area contributed by atoms with E-state index in [1.54, 1.807) is 0 Å². The van der Waals surface area contributed by atoms with Gasteiger partial charge < -0.3 is 8.83 Å². The smallest absolute Gasteiger partial charge is 0.347 e. The van der Waals surface area contributed by atoms with Gasteiger partial charge in [0.25, 0.3) is 0 Å². The van der Waals surface area contributed by atoms with Gasteiger partial charge in [0.1, 0.15) is 33.0 Å². The highest BCUT2D eigenvalue weighted by Crippen LogP contribution is 2.29. The minimum Gasteiger partial charge on any atom is -0.422 e. The van der Waals surface area contributed by atoms with E-state index in [0.717, 1.165) is 44.4 Å². The average Bonchev–Trinajstić information content (AvgIpc) is 3.56. The fourth-order valence-electron chi connectivity index (χ4n) is 6.24. The summed E-state index contributed by atoms with van der Waals surface area (Å²) in [6.45, 7) is 4.93. The van der Waals surface area contributed by atoms with Crippen LogP contribution in [0.25, 0.3) is 43.7 Å². The second-order valence-corrected chi connectivity index (χ2v) is 11.5. The van der Waals surface area contributed by atoms with E-state index >= 15 is 0 Å². The molecule has 0 radical (unpaired) electrons. The summed E-state index contributed by atoms with van der Waals surface area (Å²) in [6.07, 6.45) is 0.612. The molecule has 4 aromatic carbocycles. The Kier molecular flexibility index (Phi) is 6.23. The quantitative estimate of drug-likeness (QED) is 0.195. The highest BCUT2D eigenvalue weighted by atomic mass is 16.4. The van der Waals surface area contributed by atoms with Crippen molar-refractivity contribution >= 4 is 43.7 Å². The minimum absolute atomic E-state index is 0.385. The van der Waals surface area contributed by atoms with E-state index in [1.165, 1.54) is 0 Å². The predicted molar refractivity (Wildman–Crippen MR) is 175 cm³/mol. The number of hydrogen-bond donors (Lipinski definition) is 0. The van der Waals surface area contributed by atoms with Gasteiger partial charge in [-0.2, -0.15) is 10.2 Å². The lowest BCUT2D eigenvalue weighted by Gasteiger charge is -2.06. The monoisotopic (exact) mass is 592 g/mol. The lowest BCUT2D eigenvalue weighted by atomic mass is 10.0. The standard InChI is InChI=1S/C37H28N4O4/c1-22-32-34(38-40(22)20-24-9-5-3-6-10-24)28-18-26(13-15-30(28)44-36(32)42)17-27-14-16-31-29(19-27)35-33(37(43)45-31)23(2)41(39-35)21-25-11-7-4-8-12-25/h3-16,18-19H,17,20-21H2,1-2H3. The Morgan fingerprint density at radius 1 is 0.556 bits per heavy atom. The fourth-order valence-corrected chi connectivity index (χ4v) is 6.24. The first kappa shape index (κ1) is 26.8. The van der Waals surface area contributed by atoms with Crippen LogP contribution >= 0.6 is 0 Å². The van der Waals surface area contributed by atoms with E-state index < -0.39 is 0 Å². The molecule has 0 bridgehead atoms. The zero-order valence-corrected chi connectivity index (χ0v) is 24.8. The van der Waals surface area contributed by atoms with E-state index in [4.69, 9.17) is 19.0 Å². The van der Waals surface area contributed by atoms with Crippen molar-refractivity contribution in [1.29, 1.82) is 0 Å². The third kappa shape index (κ3) is 4.62. The van der Waals surface area contributed by atoms with E-state index in [2.05, 4.69) is 0 Å². The first-order valence-corrected chi connectivity index (χ1v) is 14.9. The van der Waals surface area contributed by atoms with E-state index in [-0.39, 0.29) is 11.3 Å². The molecule has 0 fully saturated rings. The zero-order chi connectivity index (χ0) is 30.7. The van der Waals surface area contributed by atoms with E-state index in [9.17, 15) is 9.59 Å². The highest BCUT2D eigenvalue weighted by molar-refractivity contribution is 6.04. The summed E-state index contributed by atoms with van der Waals surface area (Å²) in [5.74, 6) is 0. The van der Waals surface area contributed by atoms with Crippen LogP contribution < -0.4 is 11.3 Å². The summed E-state index contributed by atoms with van der Waals surface area (Å²) in [4.78, 5) is 26.0. The minimum atomic E-state index is -0.385. The summed E-state index contributed by atoms with van der Waals surface area (Å²) in [7, 11) is 0. The van der Waals surface area contributed by atoms with Crippen LogP contribution in [0.2, 0.25) is 0 Å². The third-order valence-corrected chi connectivity index (χ3v) is 8.58. The van der Waals surface area contributed by atoms with Crippen LogP contribution in [0, 0.1) is 13.8 Å². The number of benzene rings is 4. The van der Waals surface area contributed by atoms with Crippen LogP contribution in [-0.2, 0) is 19.5 Å². The summed E-state index contributed by atoms with van der Waals surface area (Å²) >= 11 is 0. The summed E-state index contributed by atoms with van der Waals surface area (Å²) in [5.41, 5.74) is 7.33. The summed E-state index contributed by atoms with van der Waals surface area (Å²) < 4.78 is 15.2. The molecule has 4 aromatic heterocycles. The molecular formula is C37H28N4O4.